The Hall–Kier alpha value is -2.92. The van der Waals surface area contributed by atoms with E-state index in [9.17, 15) is 4.79 Å². The number of carbonyl (C=O) groups is 1. The number of aromatic nitrogens is 2. The molecular weight excluding hydrogens is 326 g/mol. The summed E-state index contributed by atoms with van der Waals surface area (Å²) in [5, 5.41) is 4.22. The molecule has 0 radical (unpaired) electrons. The van der Waals surface area contributed by atoms with Crippen LogP contribution in [0.4, 0.5) is 0 Å². The zero-order valence-electron chi connectivity index (χ0n) is 14.5. The van der Waals surface area contributed by atoms with Crippen LogP contribution >= 0.6 is 0 Å². The second-order valence-electron chi connectivity index (χ2n) is 6.38. The topological polar surface area (TPSA) is 47.4 Å². The van der Waals surface area contributed by atoms with E-state index in [2.05, 4.69) is 17.2 Å². The van der Waals surface area contributed by atoms with E-state index in [1.54, 1.807) is 10.9 Å². The van der Waals surface area contributed by atoms with Crippen LogP contribution in [0, 0.1) is 0 Å². The van der Waals surface area contributed by atoms with E-state index in [4.69, 9.17) is 4.74 Å². The molecule has 1 aliphatic heterocycles. The molecule has 5 heteroatoms. The molecule has 1 amide bonds. The summed E-state index contributed by atoms with van der Waals surface area (Å²) in [7, 11) is 0. The molecule has 1 aromatic heterocycles. The highest BCUT2D eigenvalue weighted by molar-refractivity contribution is 5.79. The molecule has 0 spiro atoms. The van der Waals surface area contributed by atoms with Crippen LogP contribution in [-0.2, 0) is 16.0 Å². The second kappa shape index (κ2) is 7.54. The van der Waals surface area contributed by atoms with Gasteiger partial charge in [-0.2, -0.15) is 5.10 Å². The summed E-state index contributed by atoms with van der Waals surface area (Å²) in [5.41, 5.74) is 3.11. The fraction of sp³-hybridized carbons (Fsp3) is 0.238. The van der Waals surface area contributed by atoms with Gasteiger partial charge in [0.05, 0.1) is 31.4 Å². The number of rotatable bonds is 4. The third kappa shape index (κ3) is 3.53. The van der Waals surface area contributed by atoms with Gasteiger partial charge in [0.2, 0.25) is 5.91 Å². The fourth-order valence-electron chi connectivity index (χ4n) is 3.32. The van der Waals surface area contributed by atoms with Crippen LogP contribution in [0.5, 0.6) is 0 Å². The highest BCUT2D eigenvalue weighted by Crippen LogP contribution is 2.25. The van der Waals surface area contributed by atoms with Crippen LogP contribution < -0.4 is 0 Å². The largest absolute Gasteiger partial charge is 0.377 e. The van der Waals surface area contributed by atoms with Gasteiger partial charge in [-0.25, -0.2) is 4.68 Å². The Labute approximate surface area is 152 Å². The number of carbonyl (C=O) groups excluding carboxylic acids is 1. The minimum atomic E-state index is -0.0132. The summed E-state index contributed by atoms with van der Waals surface area (Å²) < 4.78 is 7.43. The molecule has 2 heterocycles. The van der Waals surface area contributed by atoms with E-state index in [0.717, 1.165) is 16.8 Å². The van der Waals surface area contributed by atoms with Crippen molar-refractivity contribution in [2.45, 2.75) is 12.5 Å². The van der Waals surface area contributed by atoms with Crippen molar-refractivity contribution >= 4 is 5.91 Å². The molecule has 0 unspecified atom stereocenters. The molecule has 0 aliphatic carbocycles. The summed E-state index contributed by atoms with van der Waals surface area (Å²) in [6, 6.07) is 19.9. The molecule has 1 fully saturated rings. The van der Waals surface area contributed by atoms with Gasteiger partial charge < -0.3 is 9.64 Å². The molecule has 0 saturated carbocycles. The van der Waals surface area contributed by atoms with Gasteiger partial charge in [-0.05, 0) is 29.3 Å². The molecule has 0 N–H and O–H groups in total. The van der Waals surface area contributed by atoms with Crippen molar-refractivity contribution in [3.05, 3.63) is 84.2 Å². The zero-order valence-corrected chi connectivity index (χ0v) is 14.5. The molecular formula is C21H21N3O2. The van der Waals surface area contributed by atoms with Gasteiger partial charge in [-0.1, -0.05) is 42.5 Å². The van der Waals surface area contributed by atoms with Gasteiger partial charge >= 0.3 is 0 Å². The van der Waals surface area contributed by atoms with Crippen molar-refractivity contribution in [3.63, 3.8) is 0 Å². The predicted molar refractivity (Wildman–Crippen MR) is 99.0 cm³/mol. The predicted octanol–water partition coefficient (Wildman–Crippen LogP) is 3.01. The number of nitrogens with zero attached hydrogens (tertiary/aromatic N) is 3. The van der Waals surface area contributed by atoms with Crippen LogP contribution in [0.2, 0.25) is 0 Å². The molecule has 4 rings (SSSR count). The first kappa shape index (κ1) is 16.5. The lowest BCUT2D eigenvalue weighted by molar-refractivity contribution is -0.139. The SMILES string of the molecule is O=C(Cc1ccc(-n2cccn2)cc1)N1CCOC[C@H]1c1ccccc1. The first-order valence-corrected chi connectivity index (χ1v) is 8.82. The van der Waals surface area contributed by atoms with Gasteiger partial charge in [-0.3, -0.25) is 4.79 Å². The van der Waals surface area contributed by atoms with E-state index in [-0.39, 0.29) is 11.9 Å². The Morgan fingerprint density at radius 2 is 1.88 bits per heavy atom. The third-order valence-electron chi connectivity index (χ3n) is 4.69. The maximum absolute atomic E-state index is 12.9. The highest BCUT2D eigenvalue weighted by atomic mass is 16.5. The number of benzene rings is 2. The van der Waals surface area contributed by atoms with Crippen LogP contribution in [0.3, 0.4) is 0 Å². The first-order valence-electron chi connectivity index (χ1n) is 8.82. The summed E-state index contributed by atoms with van der Waals surface area (Å²) in [5.74, 6) is 0.133. The van der Waals surface area contributed by atoms with E-state index in [0.29, 0.717) is 26.2 Å². The Morgan fingerprint density at radius 3 is 2.62 bits per heavy atom. The number of hydrogen-bond donors (Lipinski definition) is 0. The normalized spacial score (nSPS) is 17.2. The van der Waals surface area contributed by atoms with E-state index in [1.807, 2.05) is 59.6 Å². The first-order chi connectivity index (χ1) is 12.8. The Kier molecular flexibility index (Phi) is 4.80. The lowest BCUT2D eigenvalue weighted by Gasteiger charge is -2.36. The standard InChI is InChI=1S/C21H21N3O2/c25-21(15-17-7-9-19(10-8-17)24-12-4-11-22-24)23-13-14-26-16-20(23)18-5-2-1-3-6-18/h1-12,20H,13-16H2/t20-/m0/s1. The minimum absolute atomic E-state index is 0.0132. The van der Waals surface area contributed by atoms with Gasteiger partial charge in [0.25, 0.3) is 0 Å². The van der Waals surface area contributed by atoms with Crippen LogP contribution in [0.15, 0.2) is 73.1 Å². The molecule has 0 bridgehead atoms. The summed E-state index contributed by atoms with van der Waals surface area (Å²) in [6.07, 6.45) is 4.04. The maximum atomic E-state index is 12.9. The molecule has 1 atom stereocenters. The second-order valence-corrected chi connectivity index (χ2v) is 6.38. The van der Waals surface area contributed by atoms with Crippen molar-refractivity contribution in [3.8, 4) is 5.69 Å². The lowest BCUT2D eigenvalue weighted by atomic mass is 10.0. The van der Waals surface area contributed by atoms with Crippen molar-refractivity contribution in [2.24, 2.45) is 0 Å². The van der Waals surface area contributed by atoms with E-state index in [1.165, 1.54) is 0 Å². The zero-order chi connectivity index (χ0) is 17.8. The summed E-state index contributed by atoms with van der Waals surface area (Å²) in [6.45, 7) is 1.77. The summed E-state index contributed by atoms with van der Waals surface area (Å²) in [4.78, 5) is 14.9. The number of hydrogen-bond acceptors (Lipinski definition) is 3. The van der Waals surface area contributed by atoms with E-state index >= 15 is 0 Å². The fourth-order valence-corrected chi connectivity index (χ4v) is 3.32. The van der Waals surface area contributed by atoms with Crippen LogP contribution in [0.1, 0.15) is 17.2 Å². The van der Waals surface area contributed by atoms with Crippen LogP contribution in [0.25, 0.3) is 5.69 Å². The number of morpholine rings is 1. The molecule has 3 aromatic rings. The Balaban J connectivity index is 1.48. The molecule has 26 heavy (non-hydrogen) atoms. The Bertz CT molecular complexity index is 845. The molecule has 2 aromatic carbocycles. The smallest absolute Gasteiger partial charge is 0.227 e. The van der Waals surface area contributed by atoms with Crippen molar-refractivity contribution < 1.29 is 9.53 Å². The molecule has 5 nitrogen and oxygen atoms in total. The van der Waals surface area contributed by atoms with Gasteiger partial charge in [0.1, 0.15) is 0 Å². The molecule has 1 aliphatic rings. The van der Waals surface area contributed by atoms with Crippen molar-refractivity contribution in [1.29, 1.82) is 0 Å². The summed E-state index contributed by atoms with van der Waals surface area (Å²) >= 11 is 0. The monoisotopic (exact) mass is 347 g/mol. The van der Waals surface area contributed by atoms with Crippen LogP contribution in [-0.4, -0.2) is 40.3 Å². The van der Waals surface area contributed by atoms with E-state index < -0.39 is 0 Å². The van der Waals surface area contributed by atoms with Crippen molar-refractivity contribution in [2.75, 3.05) is 19.8 Å². The quantitative estimate of drug-likeness (QED) is 0.729. The number of amides is 1. The van der Waals surface area contributed by atoms with Crippen molar-refractivity contribution in [1.82, 2.24) is 14.7 Å². The maximum Gasteiger partial charge on any atom is 0.227 e. The highest BCUT2D eigenvalue weighted by Gasteiger charge is 2.28. The third-order valence-corrected chi connectivity index (χ3v) is 4.69. The molecule has 132 valence electrons. The average Bonchev–Trinajstić information content (AvgIpc) is 3.24. The Morgan fingerprint density at radius 1 is 1.08 bits per heavy atom. The van der Waals surface area contributed by atoms with Gasteiger partial charge in [0, 0.05) is 18.9 Å². The van der Waals surface area contributed by atoms with Gasteiger partial charge in [0.15, 0.2) is 0 Å². The average molecular weight is 347 g/mol. The number of ether oxygens (including phenoxy) is 1. The lowest BCUT2D eigenvalue weighted by Crippen LogP contribution is -2.44. The van der Waals surface area contributed by atoms with Gasteiger partial charge in [-0.15, -0.1) is 0 Å². The minimum Gasteiger partial charge on any atom is -0.377 e. The molecule has 1 saturated heterocycles.